The van der Waals surface area contributed by atoms with Gasteiger partial charge in [0, 0.05) is 32.1 Å². The van der Waals surface area contributed by atoms with Crippen molar-refractivity contribution in [2.45, 2.75) is 62.2 Å². The molecule has 1 aromatic carbocycles. The molecule has 0 bridgehead atoms. The number of alkyl halides is 3. The monoisotopic (exact) mass is 496 g/mol. The van der Waals surface area contributed by atoms with Gasteiger partial charge in [-0.15, -0.1) is 0 Å². The Morgan fingerprint density at radius 2 is 1.65 bits per heavy atom. The van der Waals surface area contributed by atoms with Gasteiger partial charge in [-0.05, 0) is 67.9 Å². The first kappa shape index (κ1) is 23.5. The number of nitrogens with zero attached hydrogens (tertiary/aromatic N) is 4. The number of sulfonamides is 1. The number of aromatic nitrogens is 2. The van der Waals surface area contributed by atoms with E-state index < -0.39 is 27.3 Å². The van der Waals surface area contributed by atoms with Gasteiger partial charge >= 0.3 is 6.18 Å². The van der Waals surface area contributed by atoms with Gasteiger partial charge in [0.05, 0.1) is 17.3 Å². The maximum atomic E-state index is 13.4. The van der Waals surface area contributed by atoms with E-state index in [4.69, 9.17) is 0 Å². The number of halogens is 3. The van der Waals surface area contributed by atoms with E-state index in [9.17, 15) is 26.4 Å². The smallest absolute Gasteiger partial charge is 0.282 e. The lowest BCUT2D eigenvalue weighted by Gasteiger charge is -2.34. The highest BCUT2D eigenvalue weighted by molar-refractivity contribution is 7.89. The molecule has 7 nitrogen and oxygen atoms in total. The van der Waals surface area contributed by atoms with Crippen LogP contribution in [0.25, 0.3) is 0 Å². The molecule has 1 aliphatic heterocycles. The van der Waals surface area contributed by atoms with Gasteiger partial charge in [-0.1, -0.05) is 6.07 Å². The van der Waals surface area contributed by atoms with Gasteiger partial charge in [0.1, 0.15) is 5.56 Å². The van der Waals surface area contributed by atoms with Gasteiger partial charge in [0.15, 0.2) is 0 Å². The van der Waals surface area contributed by atoms with Crippen molar-refractivity contribution in [1.82, 2.24) is 19.0 Å². The van der Waals surface area contributed by atoms with Gasteiger partial charge in [0.25, 0.3) is 5.56 Å². The molecule has 1 saturated heterocycles. The van der Waals surface area contributed by atoms with E-state index in [1.807, 2.05) is 6.07 Å². The van der Waals surface area contributed by atoms with Gasteiger partial charge in [-0.3, -0.25) is 9.69 Å². The molecule has 184 valence electrons. The first-order chi connectivity index (χ1) is 16.1. The van der Waals surface area contributed by atoms with E-state index in [0.29, 0.717) is 18.8 Å². The molecule has 2 aromatic rings. The number of rotatable bonds is 5. The van der Waals surface area contributed by atoms with E-state index in [2.05, 4.69) is 5.10 Å². The Bertz CT molecular complexity index is 1250. The summed E-state index contributed by atoms with van der Waals surface area (Å²) in [7, 11) is -3.66. The zero-order valence-electron chi connectivity index (χ0n) is 18.7. The summed E-state index contributed by atoms with van der Waals surface area (Å²) in [6, 6.07) is 6.22. The third-order valence-corrected chi connectivity index (χ3v) is 8.81. The van der Waals surface area contributed by atoms with Crippen LogP contribution >= 0.6 is 0 Å². The van der Waals surface area contributed by atoms with Crippen molar-refractivity contribution < 1.29 is 21.6 Å². The van der Waals surface area contributed by atoms with Crippen LogP contribution in [-0.4, -0.2) is 53.6 Å². The van der Waals surface area contributed by atoms with E-state index >= 15 is 0 Å². The van der Waals surface area contributed by atoms with Crippen LogP contribution in [0.1, 0.15) is 54.0 Å². The molecule has 5 rings (SSSR count). The van der Waals surface area contributed by atoms with Gasteiger partial charge in [0.2, 0.25) is 10.0 Å². The van der Waals surface area contributed by atoms with E-state index in [-0.39, 0.29) is 30.6 Å². The van der Waals surface area contributed by atoms with Crippen LogP contribution < -0.4 is 5.56 Å². The molecule has 0 atom stereocenters. The summed E-state index contributed by atoms with van der Waals surface area (Å²) in [6.07, 6.45) is 0.817. The average Bonchev–Trinajstić information content (AvgIpc) is 3.65. The maximum absolute atomic E-state index is 13.4. The molecule has 34 heavy (non-hydrogen) atoms. The Hall–Kier alpha value is -2.24. The molecule has 0 amide bonds. The quantitative estimate of drug-likeness (QED) is 0.636. The van der Waals surface area contributed by atoms with Crippen molar-refractivity contribution in [3.8, 4) is 0 Å². The lowest BCUT2D eigenvalue weighted by atomic mass is 9.92. The summed E-state index contributed by atoms with van der Waals surface area (Å²) in [5, 5.41) is 4.19. The zero-order chi connectivity index (χ0) is 24.1. The van der Waals surface area contributed by atoms with Crippen molar-refractivity contribution >= 4 is 10.0 Å². The molecular formula is C23H27F3N4O3S. The molecule has 0 N–H and O–H groups in total. The summed E-state index contributed by atoms with van der Waals surface area (Å²) < 4.78 is 68.8. The predicted molar refractivity (Wildman–Crippen MR) is 119 cm³/mol. The number of piperazine rings is 1. The zero-order valence-corrected chi connectivity index (χ0v) is 19.5. The Balaban J connectivity index is 1.30. The maximum Gasteiger partial charge on any atom is 0.421 e. The van der Waals surface area contributed by atoms with Crippen LogP contribution in [0, 0.1) is 0 Å². The highest BCUT2D eigenvalue weighted by atomic mass is 32.2. The average molecular weight is 497 g/mol. The summed E-state index contributed by atoms with van der Waals surface area (Å²) in [6.45, 7) is 0.890. The second kappa shape index (κ2) is 8.76. The molecule has 2 fully saturated rings. The SMILES string of the molecule is O=c1c(C(F)(F)F)cc(C2CC2)nn1CN1CCN(S(=O)(=O)c2ccc3c(c2)CCCC3)CC1. The number of hydrogen-bond acceptors (Lipinski definition) is 5. The molecule has 3 aliphatic rings. The minimum atomic E-state index is -4.74. The number of benzene rings is 1. The van der Waals surface area contributed by atoms with Crippen LogP contribution in [0.5, 0.6) is 0 Å². The highest BCUT2D eigenvalue weighted by Crippen LogP contribution is 2.40. The molecule has 1 aromatic heterocycles. The molecule has 2 heterocycles. The second-order valence-electron chi connectivity index (χ2n) is 9.36. The van der Waals surface area contributed by atoms with Crippen LogP contribution in [0.15, 0.2) is 34.0 Å². The van der Waals surface area contributed by atoms with Gasteiger partial charge in [-0.25, -0.2) is 13.1 Å². The van der Waals surface area contributed by atoms with Crippen LogP contribution in [0.4, 0.5) is 13.2 Å². The number of fused-ring (bicyclic) bond motifs is 1. The molecular weight excluding hydrogens is 469 g/mol. The molecule has 2 aliphatic carbocycles. The second-order valence-corrected chi connectivity index (χ2v) is 11.3. The normalized spacial score (nSPS) is 20.3. The van der Waals surface area contributed by atoms with Crippen LogP contribution in [0.3, 0.4) is 0 Å². The van der Waals surface area contributed by atoms with Crippen molar-refractivity contribution in [3.05, 3.63) is 57.0 Å². The highest BCUT2D eigenvalue weighted by Gasteiger charge is 2.38. The third-order valence-electron chi connectivity index (χ3n) is 6.92. The van der Waals surface area contributed by atoms with Crippen LogP contribution in [-0.2, 0) is 35.7 Å². The topological polar surface area (TPSA) is 75.5 Å². The third kappa shape index (κ3) is 4.65. The minimum Gasteiger partial charge on any atom is -0.282 e. The van der Waals surface area contributed by atoms with Crippen molar-refractivity contribution in [2.75, 3.05) is 26.2 Å². The summed E-state index contributed by atoms with van der Waals surface area (Å²) in [5.74, 6) is -0.0356. The van der Waals surface area contributed by atoms with Crippen molar-refractivity contribution in [3.63, 3.8) is 0 Å². The fourth-order valence-corrected chi connectivity index (χ4v) is 6.23. The Morgan fingerprint density at radius 3 is 2.29 bits per heavy atom. The number of aryl methyl sites for hydroxylation is 2. The Morgan fingerprint density at radius 1 is 0.971 bits per heavy atom. The predicted octanol–water partition coefficient (Wildman–Crippen LogP) is 2.98. The van der Waals surface area contributed by atoms with E-state index in [1.165, 1.54) is 9.87 Å². The molecule has 1 saturated carbocycles. The molecule has 0 spiro atoms. The van der Waals surface area contributed by atoms with Gasteiger partial charge < -0.3 is 0 Å². The largest absolute Gasteiger partial charge is 0.421 e. The summed E-state index contributed by atoms with van der Waals surface area (Å²) in [4.78, 5) is 14.5. The molecule has 11 heteroatoms. The molecule has 0 unspecified atom stereocenters. The van der Waals surface area contributed by atoms with Crippen molar-refractivity contribution in [2.24, 2.45) is 0 Å². The first-order valence-corrected chi connectivity index (χ1v) is 13.1. The Labute approximate surface area is 196 Å². The number of hydrogen-bond donors (Lipinski definition) is 0. The fourth-order valence-electron chi connectivity index (χ4n) is 4.76. The van der Waals surface area contributed by atoms with E-state index in [1.54, 1.807) is 17.0 Å². The minimum absolute atomic E-state index is 0.0356. The van der Waals surface area contributed by atoms with Gasteiger partial charge in [-0.2, -0.15) is 22.6 Å². The fraction of sp³-hybridized carbons (Fsp3) is 0.565. The first-order valence-electron chi connectivity index (χ1n) is 11.7. The summed E-state index contributed by atoms with van der Waals surface area (Å²) in [5.41, 5.74) is 0.228. The lowest BCUT2D eigenvalue weighted by molar-refractivity contribution is -0.139. The van der Waals surface area contributed by atoms with E-state index in [0.717, 1.165) is 54.8 Å². The summed E-state index contributed by atoms with van der Waals surface area (Å²) >= 11 is 0. The standard InChI is InChI=1S/C23H27F3N4O3S/c24-23(25,26)20-14-21(17-5-6-17)27-30(22(20)31)15-28-9-11-29(12-10-28)34(32,33)19-8-7-16-3-1-2-4-18(16)13-19/h7-8,13-14,17H,1-6,9-12,15H2. The Kier molecular flexibility index (Phi) is 6.06. The van der Waals surface area contributed by atoms with Crippen LogP contribution in [0.2, 0.25) is 0 Å². The van der Waals surface area contributed by atoms with Crippen molar-refractivity contribution in [1.29, 1.82) is 0 Å². The lowest BCUT2D eigenvalue weighted by Crippen LogP contribution is -2.50. The molecule has 0 radical (unpaired) electrons.